The van der Waals surface area contributed by atoms with Gasteiger partial charge in [0, 0.05) is 44.1 Å². The lowest BCUT2D eigenvalue weighted by Crippen LogP contribution is -2.44. The van der Waals surface area contributed by atoms with Crippen LogP contribution in [0.4, 0.5) is 8.78 Å². The number of likely N-dealkylation sites (tertiary alicyclic amines) is 2. The van der Waals surface area contributed by atoms with E-state index in [1.807, 2.05) is 18.6 Å². The van der Waals surface area contributed by atoms with Gasteiger partial charge in [-0.05, 0) is 61.7 Å². The number of nitrogens with zero attached hydrogens (tertiary/aromatic N) is 4. The maximum Gasteiger partial charge on any atom is 0.187 e. The highest BCUT2D eigenvalue weighted by Gasteiger charge is 2.41. The predicted octanol–water partition coefficient (Wildman–Crippen LogP) is 3.96. The van der Waals surface area contributed by atoms with Gasteiger partial charge in [-0.15, -0.1) is 0 Å². The van der Waals surface area contributed by atoms with Crippen LogP contribution in [0, 0.1) is 17.0 Å². The normalized spacial score (nSPS) is 23.5. The van der Waals surface area contributed by atoms with Crippen LogP contribution in [0.2, 0.25) is 0 Å². The van der Waals surface area contributed by atoms with E-state index in [0.717, 1.165) is 55.4 Å². The molecule has 1 spiro atoms. The van der Waals surface area contributed by atoms with Crippen LogP contribution in [0.25, 0.3) is 0 Å². The van der Waals surface area contributed by atoms with Crippen molar-refractivity contribution in [1.82, 2.24) is 19.8 Å². The number of thioether (sulfide) groups is 1. The van der Waals surface area contributed by atoms with Crippen molar-refractivity contribution in [3.8, 4) is 0 Å². The molecule has 1 atom stereocenters. The Kier molecular flexibility index (Phi) is 5.94. The number of hydrogen-bond acceptors (Lipinski definition) is 5. The summed E-state index contributed by atoms with van der Waals surface area (Å²) in [6.07, 6.45) is 9.42. The van der Waals surface area contributed by atoms with Crippen LogP contribution in [-0.4, -0.2) is 52.2 Å². The van der Waals surface area contributed by atoms with Gasteiger partial charge in [0.15, 0.2) is 16.8 Å². The van der Waals surface area contributed by atoms with Gasteiger partial charge in [0.05, 0.1) is 0 Å². The standard InChI is InChI=1S/C21H26F2N4S/c1-28-20-24-10-17(11-25-20)13-27-8-6-21(15-27)5-2-7-26(14-21)12-16-3-4-18(22)19(23)9-16/h3-4,9-11H,2,5-8,12-15H2,1H3. The molecule has 1 aromatic heterocycles. The monoisotopic (exact) mass is 404 g/mol. The summed E-state index contributed by atoms with van der Waals surface area (Å²) in [6.45, 7) is 5.77. The van der Waals surface area contributed by atoms with Crippen LogP contribution in [0.3, 0.4) is 0 Å². The molecular formula is C21H26F2N4S. The maximum absolute atomic E-state index is 13.5. The summed E-state index contributed by atoms with van der Waals surface area (Å²) in [7, 11) is 0. The highest BCUT2D eigenvalue weighted by atomic mass is 32.2. The van der Waals surface area contributed by atoms with Gasteiger partial charge < -0.3 is 0 Å². The van der Waals surface area contributed by atoms with Crippen molar-refractivity contribution in [2.75, 3.05) is 32.4 Å². The van der Waals surface area contributed by atoms with Crippen LogP contribution in [-0.2, 0) is 13.1 Å². The zero-order valence-electron chi connectivity index (χ0n) is 16.2. The maximum atomic E-state index is 13.5. The lowest BCUT2D eigenvalue weighted by molar-refractivity contribution is 0.0865. The van der Waals surface area contributed by atoms with Gasteiger partial charge in [-0.3, -0.25) is 9.80 Å². The average Bonchev–Trinajstić information content (AvgIpc) is 3.07. The Morgan fingerprint density at radius 3 is 2.39 bits per heavy atom. The molecule has 0 bridgehead atoms. The van der Waals surface area contributed by atoms with Crippen molar-refractivity contribution < 1.29 is 8.78 Å². The minimum Gasteiger partial charge on any atom is -0.298 e. The van der Waals surface area contributed by atoms with E-state index >= 15 is 0 Å². The number of rotatable bonds is 5. The molecule has 1 unspecified atom stereocenters. The van der Waals surface area contributed by atoms with Crippen LogP contribution in [0.1, 0.15) is 30.4 Å². The van der Waals surface area contributed by atoms with E-state index in [2.05, 4.69) is 19.8 Å². The molecule has 2 aliphatic heterocycles. The molecule has 0 aliphatic carbocycles. The van der Waals surface area contributed by atoms with Gasteiger partial charge >= 0.3 is 0 Å². The van der Waals surface area contributed by atoms with Crippen LogP contribution >= 0.6 is 11.8 Å². The first kappa shape index (κ1) is 19.7. The number of hydrogen-bond donors (Lipinski definition) is 0. The Balaban J connectivity index is 1.36. The molecule has 0 N–H and O–H groups in total. The molecule has 4 nitrogen and oxygen atoms in total. The largest absolute Gasteiger partial charge is 0.298 e. The van der Waals surface area contributed by atoms with Gasteiger partial charge in [-0.1, -0.05) is 17.8 Å². The summed E-state index contributed by atoms with van der Waals surface area (Å²) in [5.74, 6) is -1.54. The van der Waals surface area contributed by atoms with E-state index in [4.69, 9.17) is 0 Å². The summed E-state index contributed by atoms with van der Waals surface area (Å²) in [6, 6.07) is 4.25. The van der Waals surface area contributed by atoms with Gasteiger partial charge in [-0.2, -0.15) is 0 Å². The first-order valence-electron chi connectivity index (χ1n) is 9.79. The fourth-order valence-corrected chi connectivity index (χ4v) is 4.94. The minimum atomic E-state index is -0.778. The van der Waals surface area contributed by atoms with Gasteiger partial charge in [0.1, 0.15) is 0 Å². The molecule has 0 amide bonds. The van der Waals surface area contributed by atoms with Crippen LogP contribution in [0.5, 0.6) is 0 Å². The molecule has 3 heterocycles. The van der Waals surface area contributed by atoms with Crippen molar-refractivity contribution in [3.63, 3.8) is 0 Å². The topological polar surface area (TPSA) is 32.3 Å². The summed E-state index contributed by atoms with van der Waals surface area (Å²) < 4.78 is 26.7. The van der Waals surface area contributed by atoms with E-state index < -0.39 is 11.6 Å². The van der Waals surface area contributed by atoms with Crippen molar-refractivity contribution in [3.05, 3.63) is 53.4 Å². The third-order valence-corrected chi connectivity index (χ3v) is 6.49. The Bertz CT molecular complexity index is 817. The Morgan fingerprint density at radius 2 is 1.68 bits per heavy atom. The molecule has 7 heteroatoms. The lowest BCUT2D eigenvalue weighted by Gasteiger charge is -2.40. The molecule has 0 radical (unpaired) electrons. The van der Waals surface area contributed by atoms with Crippen molar-refractivity contribution >= 4 is 11.8 Å². The first-order chi connectivity index (χ1) is 13.5. The summed E-state index contributed by atoms with van der Waals surface area (Å²) in [4.78, 5) is 13.6. The summed E-state index contributed by atoms with van der Waals surface area (Å²) >= 11 is 1.55. The van der Waals surface area contributed by atoms with E-state index in [0.29, 0.717) is 12.0 Å². The highest BCUT2D eigenvalue weighted by molar-refractivity contribution is 7.98. The number of piperidine rings is 1. The van der Waals surface area contributed by atoms with E-state index in [1.165, 1.54) is 25.0 Å². The first-order valence-corrected chi connectivity index (χ1v) is 11.0. The lowest BCUT2D eigenvalue weighted by atomic mass is 9.79. The molecule has 28 heavy (non-hydrogen) atoms. The number of halogens is 2. The third kappa shape index (κ3) is 4.53. The molecule has 4 rings (SSSR count). The second-order valence-electron chi connectivity index (χ2n) is 8.10. The highest BCUT2D eigenvalue weighted by Crippen LogP contribution is 2.39. The zero-order chi connectivity index (χ0) is 19.6. The Hall–Kier alpha value is -1.57. The molecule has 150 valence electrons. The van der Waals surface area contributed by atoms with Crippen molar-refractivity contribution in [2.45, 2.75) is 37.5 Å². The predicted molar refractivity (Wildman–Crippen MR) is 107 cm³/mol. The minimum absolute atomic E-state index is 0.302. The second-order valence-corrected chi connectivity index (χ2v) is 8.87. The number of aromatic nitrogens is 2. The SMILES string of the molecule is CSc1ncc(CN2CCC3(CCCN(Cc4ccc(F)c(F)c4)C3)C2)cn1. The summed E-state index contributed by atoms with van der Waals surface area (Å²) in [5.41, 5.74) is 2.30. The van der Waals surface area contributed by atoms with Gasteiger partial charge in [0.25, 0.3) is 0 Å². The summed E-state index contributed by atoms with van der Waals surface area (Å²) in [5, 5.41) is 0.807. The van der Waals surface area contributed by atoms with Crippen LogP contribution in [0.15, 0.2) is 35.7 Å². The van der Waals surface area contributed by atoms with Gasteiger partial charge in [0.2, 0.25) is 0 Å². The molecule has 2 saturated heterocycles. The second kappa shape index (κ2) is 8.43. The van der Waals surface area contributed by atoms with Crippen molar-refractivity contribution in [1.29, 1.82) is 0 Å². The third-order valence-electron chi connectivity index (χ3n) is 5.92. The molecule has 2 aliphatic rings. The fourth-order valence-electron chi connectivity index (χ4n) is 4.63. The van der Waals surface area contributed by atoms with Gasteiger partial charge in [-0.25, -0.2) is 18.7 Å². The van der Waals surface area contributed by atoms with E-state index in [1.54, 1.807) is 17.8 Å². The van der Waals surface area contributed by atoms with E-state index in [-0.39, 0.29) is 0 Å². The van der Waals surface area contributed by atoms with Crippen molar-refractivity contribution in [2.24, 2.45) is 5.41 Å². The Morgan fingerprint density at radius 1 is 0.964 bits per heavy atom. The molecular weight excluding hydrogens is 378 g/mol. The quantitative estimate of drug-likeness (QED) is 0.556. The van der Waals surface area contributed by atoms with Crippen LogP contribution < -0.4 is 0 Å². The smallest absolute Gasteiger partial charge is 0.187 e. The molecule has 1 aromatic carbocycles. The fraction of sp³-hybridized carbons (Fsp3) is 0.524. The average molecular weight is 405 g/mol. The Labute approximate surface area is 169 Å². The molecule has 2 fully saturated rings. The molecule has 2 aromatic rings. The number of benzene rings is 1. The van der Waals surface area contributed by atoms with E-state index in [9.17, 15) is 8.78 Å². The zero-order valence-corrected chi connectivity index (χ0v) is 17.0. The molecule has 0 saturated carbocycles.